The number of nitrogens with zero attached hydrogens (tertiary/aromatic N) is 4. The lowest BCUT2D eigenvalue weighted by Gasteiger charge is -2.28. The number of hydrogen-bond acceptors (Lipinski definition) is 6. The quantitative estimate of drug-likeness (QED) is 0.663. The Kier molecular flexibility index (Phi) is 5.56. The lowest BCUT2D eigenvalue weighted by Crippen LogP contribution is -2.52. The number of benzene rings is 1. The molecule has 0 saturated carbocycles. The number of carbonyl (C=O) groups excluding carboxylic acids is 2. The molecule has 2 atom stereocenters. The molecule has 0 unspecified atom stereocenters. The molecule has 3 rings (SSSR count). The zero-order chi connectivity index (χ0) is 20.3. The maximum atomic E-state index is 13.5. The van der Waals surface area contributed by atoms with Crippen LogP contribution in [0.1, 0.15) is 30.6 Å². The van der Waals surface area contributed by atoms with Gasteiger partial charge in [0.05, 0.1) is 24.7 Å². The molecule has 1 fully saturated rings. The summed E-state index contributed by atoms with van der Waals surface area (Å²) in [6.07, 6.45) is -1.11. The Morgan fingerprint density at radius 2 is 2.25 bits per heavy atom. The van der Waals surface area contributed by atoms with Crippen LogP contribution in [-0.2, 0) is 4.79 Å². The Balaban J connectivity index is 1.51. The first-order valence-corrected chi connectivity index (χ1v) is 8.96. The highest BCUT2D eigenvalue weighted by atomic mass is 19.1. The van der Waals surface area contributed by atoms with Crippen molar-refractivity contribution in [2.24, 2.45) is 0 Å². The Morgan fingerprint density at radius 1 is 1.46 bits per heavy atom. The Labute approximate surface area is 161 Å². The number of likely N-dealkylation sites (tertiary alicyclic amines) is 1. The minimum absolute atomic E-state index is 0.0430. The van der Waals surface area contributed by atoms with Crippen molar-refractivity contribution in [1.29, 1.82) is 5.26 Å². The van der Waals surface area contributed by atoms with Crippen molar-refractivity contribution in [3.8, 4) is 6.07 Å². The number of amides is 2. The molecule has 28 heavy (non-hydrogen) atoms. The summed E-state index contributed by atoms with van der Waals surface area (Å²) < 4.78 is 13.5. The maximum Gasteiger partial charge on any atom is 0.251 e. The first kappa shape index (κ1) is 19.7. The van der Waals surface area contributed by atoms with Crippen LogP contribution in [0.5, 0.6) is 0 Å². The molecule has 9 nitrogen and oxygen atoms in total. The van der Waals surface area contributed by atoms with Gasteiger partial charge in [-0.25, -0.2) is 4.39 Å². The zero-order valence-electron chi connectivity index (χ0n) is 15.7. The van der Waals surface area contributed by atoms with Crippen molar-refractivity contribution >= 4 is 22.8 Å². The van der Waals surface area contributed by atoms with Crippen molar-refractivity contribution in [2.45, 2.75) is 38.0 Å². The molecule has 1 aliphatic heterocycles. The number of nitriles is 1. The molecule has 0 bridgehead atoms. The third-order valence-electron chi connectivity index (χ3n) is 4.72. The van der Waals surface area contributed by atoms with Gasteiger partial charge in [-0.2, -0.15) is 5.26 Å². The third kappa shape index (κ3) is 4.43. The molecule has 3 N–H and O–H groups in total. The zero-order valence-corrected chi connectivity index (χ0v) is 15.7. The minimum Gasteiger partial charge on any atom is -0.350 e. The molecule has 1 aromatic carbocycles. The van der Waals surface area contributed by atoms with Crippen molar-refractivity contribution in [3.05, 3.63) is 23.8 Å². The SMILES string of the molecule is CC(C)(CNC(=O)c1ccc2[nH]nnc2c1)NCC(=O)N1C[C@@H](F)C[C@H]1C#N. The van der Waals surface area contributed by atoms with E-state index in [1.54, 1.807) is 18.2 Å². The van der Waals surface area contributed by atoms with E-state index in [-0.39, 0.29) is 37.9 Å². The number of aromatic amines is 1. The van der Waals surface area contributed by atoms with Crippen LogP contribution in [-0.4, -0.2) is 69.5 Å². The number of carbonyl (C=O) groups is 2. The van der Waals surface area contributed by atoms with Gasteiger partial charge in [-0.05, 0) is 32.0 Å². The van der Waals surface area contributed by atoms with Gasteiger partial charge in [-0.15, -0.1) is 5.10 Å². The van der Waals surface area contributed by atoms with E-state index in [9.17, 15) is 14.0 Å². The highest BCUT2D eigenvalue weighted by Crippen LogP contribution is 2.19. The van der Waals surface area contributed by atoms with Gasteiger partial charge in [0.1, 0.15) is 17.7 Å². The van der Waals surface area contributed by atoms with Gasteiger partial charge in [0.15, 0.2) is 0 Å². The van der Waals surface area contributed by atoms with Gasteiger partial charge >= 0.3 is 0 Å². The van der Waals surface area contributed by atoms with E-state index >= 15 is 0 Å². The van der Waals surface area contributed by atoms with E-state index in [4.69, 9.17) is 5.26 Å². The van der Waals surface area contributed by atoms with Crippen molar-refractivity contribution in [3.63, 3.8) is 0 Å². The molecule has 1 saturated heterocycles. The van der Waals surface area contributed by atoms with Crippen molar-refractivity contribution in [2.75, 3.05) is 19.6 Å². The molecule has 2 amide bonds. The largest absolute Gasteiger partial charge is 0.350 e. The fourth-order valence-corrected chi connectivity index (χ4v) is 3.05. The summed E-state index contributed by atoms with van der Waals surface area (Å²) >= 11 is 0. The molecule has 1 aromatic heterocycles. The lowest BCUT2D eigenvalue weighted by molar-refractivity contribution is -0.130. The number of alkyl halides is 1. The monoisotopic (exact) mass is 387 g/mol. The van der Waals surface area contributed by atoms with E-state index in [0.29, 0.717) is 11.1 Å². The average Bonchev–Trinajstić information content (AvgIpc) is 3.29. The summed E-state index contributed by atoms with van der Waals surface area (Å²) in [5, 5.41) is 25.2. The summed E-state index contributed by atoms with van der Waals surface area (Å²) in [7, 11) is 0. The minimum atomic E-state index is -1.16. The summed E-state index contributed by atoms with van der Waals surface area (Å²) in [4.78, 5) is 25.9. The molecular weight excluding hydrogens is 365 g/mol. The van der Waals surface area contributed by atoms with Crippen LogP contribution in [0.15, 0.2) is 18.2 Å². The van der Waals surface area contributed by atoms with Crippen molar-refractivity contribution < 1.29 is 14.0 Å². The molecular formula is C18H22FN7O2. The highest BCUT2D eigenvalue weighted by Gasteiger charge is 2.35. The van der Waals surface area contributed by atoms with Crippen LogP contribution < -0.4 is 10.6 Å². The van der Waals surface area contributed by atoms with E-state index < -0.39 is 17.8 Å². The van der Waals surface area contributed by atoms with Gasteiger partial charge in [0, 0.05) is 24.1 Å². The normalized spacial score (nSPS) is 19.6. The van der Waals surface area contributed by atoms with Gasteiger partial charge in [-0.1, -0.05) is 5.21 Å². The van der Waals surface area contributed by atoms with Gasteiger partial charge in [0.2, 0.25) is 5.91 Å². The number of rotatable bonds is 6. The molecule has 0 radical (unpaired) electrons. The van der Waals surface area contributed by atoms with Crippen LogP contribution in [0.2, 0.25) is 0 Å². The van der Waals surface area contributed by atoms with E-state index in [1.807, 2.05) is 19.9 Å². The summed E-state index contributed by atoms with van der Waals surface area (Å²) in [6, 6.07) is 6.28. The topological polar surface area (TPSA) is 127 Å². The van der Waals surface area contributed by atoms with Gasteiger partial charge in [0.25, 0.3) is 5.91 Å². The molecule has 2 aromatic rings. The van der Waals surface area contributed by atoms with E-state index in [0.717, 1.165) is 5.52 Å². The molecule has 148 valence electrons. The highest BCUT2D eigenvalue weighted by molar-refractivity contribution is 5.97. The molecule has 2 heterocycles. The summed E-state index contributed by atoms with van der Waals surface area (Å²) in [6.45, 7) is 3.85. The number of aromatic nitrogens is 3. The second-order valence-corrected chi connectivity index (χ2v) is 7.49. The fraction of sp³-hybridized carbons (Fsp3) is 0.500. The number of hydrogen-bond donors (Lipinski definition) is 3. The Bertz CT molecular complexity index is 920. The Hall–Kier alpha value is -3.06. The Morgan fingerprint density at radius 3 is 3.00 bits per heavy atom. The fourth-order valence-electron chi connectivity index (χ4n) is 3.05. The molecule has 10 heteroatoms. The van der Waals surface area contributed by atoms with Crippen LogP contribution in [0.25, 0.3) is 11.0 Å². The van der Waals surface area contributed by atoms with E-state index in [1.165, 1.54) is 4.90 Å². The maximum absolute atomic E-state index is 13.5. The molecule has 0 aliphatic carbocycles. The third-order valence-corrected chi connectivity index (χ3v) is 4.72. The molecule has 1 aliphatic rings. The number of halogens is 1. The van der Waals surface area contributed by atoms with Crippen molar-refractivity contribution in [1.82, 2.24) is 30.9 Å². The summed E-state index contributed by atoms with van der Waals surface area (Å²) in [5.74, 6) is -0.599. The van der Waals surface area contributed by atoms with Crippen LogP contribution >= 0.6 is 0 Å². The predicted molar refractivity (Wildman–Crippen MR) is 98.9 cm³/mol. The van der Waals surface area contributed by atoms with E-state index in [2.05, 4.69) is 26.0 Å². The molecule has 0 spiro atoms. The standard InChI is InChI=1S/C18H22FN7O2/c1-18(2,22-8-16(27)26-9-12(19)6-13(26)7-20)10-21-17(28)11-3-4-14-15(5-11)24-25-23-14/h3-5,12-13,22H,6,8-10H2,1-2H3,(H,21,28)(H,23,24,25)/t12-,13-/m0/s1. The number of H-pyrrole nitrogens is 1. The average molecular weight is 387 g/mol. The van der Waals surface area contributed by atoms with Crippen LogP contribution in [0.3, 0.4) is 0 Å². The first-order valence-electron chi connectivity index (χ1n) is 8.96. The predicted octanol–water partition coefficient (Wildman–Crippen LogP) is 0.518. The second-order valence-electron chi connectivity index (χ2n) is 7.49. The van der Waals surface area contributed by atoms with Gasteiger partial charge in [-0.3, -0.25) is 14.7 Å². The van der Waals surface area contributed by atoms with Gasteiger partial charge < -0.3 is 15.5 Å². The smallest absolute Gasteiger partial charge is 0.251 e. The second kappa shape index (κ2) is 7.90. The van der Waals surface area contributed by atoms with Crippen LogP contribution in [0.4, 0.5) is 4.39 Å². The lowest BCUT2D eigenvalue weighted by atomic mass is 10.1. The van der Waals surface area contributed by atoms with Crippen LogP contribution in [0, 0.1) is 11.3 Å². The summed E-state index contributed by atoms with van der Waals surface area (Å²) in [5.41, 5.74) is 1.21. The number of fused-ring (bicyclic) bond motifs is 1. The number of nitrogens with one attached hydrogen (secondary N) is 3. The first-order chi connectivity index (χ1) is 13.3.